The summed E-state index contributed by atoms with van der Waals surface area (Å²) in [6.45, 7) is 1.84. The Kier molecular flexibility index (Phi) is 3.08. The molecular weight excluding hydrogens is 258 g/mol. The van der Waals surface area contributed by atoms with E-state index in [1.807, 2.05) is 37.3 Å². The summed E-state index contributed by atoms with van der Waals surface area (Å²) in [5.41, 5.74) is 2.03. The van der Waals surface area contributed by atoms with Crippen molar-refractivity contribution in [3.8, 4) is 0 Å². The van der Waals surface area contributed by atoms with Gasteiger partial charge >= 0.3 is 0 Å². The molecule has 2 unspecified atom stereocenters. The van der Waals surface area contributed by atoms with Gasteiger partial charge in [-0.2, -0.15) is 0 Å². The molecule has 0 radical (unpaired) electrons. The lowest BCUT2D eigenvalue weighted by Gasteiger charge is -2.31. The van der Waals surface area contributed by atoms with Crippen LogP contribution in [0.3, 0.4) is 0 Å². The van der Waals surface area contributed by atoms with Crippen LogP contribution in [0.25, 0.3) is 0 Å². The maximum atomic E-state index is 11.0. The van der Waals surface area contributed by atoms with Crippen LogP contribution in [0.2, 0.25) is 5.02 Å². The lowest BCUT2D eigenvalue weighted by Crippen LogP contribution is -2.29. The smallest absolute Gasteiger partial charge is 0.0966 e. The molecule has 3 rings (SSSR count). The van der Waals surface area contributed by atoms with E-state index < -0.39 is 5.60 Å². The molecule has 19 heavy (non-hydrogen) atoms. The Morgan fingerprint density at radius 3 is 2.84 bits per heavy atom. The Morgan fingerprint density at radius 2 is 2.05 bits per heavy atom. The third-order valence-electron chi connectivity index (χ3n) is 4.06. The van der Waals surface area contributed by atoms with Crippen molar-refractivity contribution in [2.24, 2.45) is 0 Å². The number of aliphatic hydroxyl groups is 1. The van der Waals surface area contributed by atoms with Gasteiger partial charge < -0.3 is 5.11 Å². The zero-order valence-electron chi connectivity index (χ0n) is 10.8. The Labute approximate surface area is 118 Å². The van der Waals surface area contributed by atoms with Crippen molar-refractivity contribution >= 4 is 11.6 Å². The molecule has 1 aliphatic carbocycles. The third-order valence-corrected chi connectivity index (χ3v) is 4.39. The Morgan fingerprint density at radius 1 is 1.26 bits per heavy atom. The zero-order chi connectivity index (χ0) is 13.5. The summed E-state index contributed by atoms with van der Waals surface area (Å²) in [6.07, 6.45) is 3.67. The molecule has 0 saturated carbocycles. The normalized spacial score (nSPS) is 20.9. The molecular formula is C16H16ClNO. The first-order valence-corrected chi connectivity index (χ1v) is 6.89. The fourth-order valence-electron chi connectivity index (χ4n) is 3.02. The molecule has 1 aliphatic rings. The summed E-state index contributed by atoms with van der Waals surface area (Å²) < 4.78 is 0. The highest BCUT2D eigenvalue weighted by Crippen LogP contribution is 2.45. The highest BCUT2D eigenvalue weighted by molar-refractivity contribution is 6.31. The fraction of sp³-hybridized carbons (Fsp3) is 0.312. The average Bonchev–Trinajstić information content (AvgIpc) is 2.83. The molecule has 1 N–H and O–H groups in total. The number of hydrogen-bond donors (Lipinski definition) is 1. The molecule has 98 valence electrons. The molecule has 2 nitrogen and oxygen atoms in total. The van der Waals surface area contributed by atoms with Gasteiger partial charge in [-0.05, 0) is 37.5 Å². The lowest BCUT2D eigenvalue weighted by atomic mass is 9.81. The molecule has 1 aromatic heterocycles. The van der Waals surface area contributed by atoms with E-state index in [2.05, 4.69) is 11.1 Å². The second kappa shape index (κ2) is 4.62. The van der Waals surface area contributed by atoms with Gasteiger partial charge in [0, 0.05) is 28.4 Å². The second-order valence-corrected chi connectivity index (χ2v) is 5.67. The topological polar surface area (TPSA) is 33.1 Å². The van der Waals surface area contributed by atoms with Gasteiger partial charge in [-0.25, -0.2) is 0 Å². The number of pyridine rings is 1. The maximum Gasteiger partial charge on any atom is 0.0966 e. The SMILES string of the molecule is CC(O)(c1ccccc1Cl)C1CCc2cccnc21. The maximum absolute atomic E-state index is 11.0. The second-order valence-electron chi connectivity index (χ2n) is 5.27. The van der Waals surface area contributed by atoms with E-state index in [1.165, 1.54) is 5.56 Å². The van der Waals surface area contributed by atoms with Gasteiger partial charge in [-0.1, -0.05) is 35.9 Å². The molecule has 0 amide bonds. The van der Waals surface area contributed by atoms with Crippen molar-refractivity contribution in [2.45, 2.75) is 31.3 Å². The minimum atomic E-state index is -0.988. The summed E-state index contributed by atoms with van der Waals surface area (Å²) in [5, 5.41) is 11.6. The number of aryl methyl sites for hydroxylation is 1. The molecule has 0 bridgehead atoms. The van der Waals surface area contributed by atoms with Gasteiger partial charge in [0.05, 0.1) is 5.60 Å². The van der Waals surface area contributed by atoms with E-state index in [0.717, 1.165) is 24.1 Å². The zero-order valence-corrected chi connectivity index (χ0v) is 11.6. The number of hydrogen-bond acceptors (Lipinski definition) is 2. The van der Waals surface area contributed by atoms with Crippen LogP contribution >= 0.6 is 11.6 Å². The van der Waals surface area contributed by atoms with E-state index in [1.54, 1.807) is 6.20 Å². The summed E-state index contributed by atoms with van der Waals surface area (Å²) in [6, 6.07) is 11.5. The minimum Gasteiger partial charge on any atom is -0.385 e. The van der Waals surface area contributed by atoms with Crippen molar-refractivity contribution in [3.05, 3.63) is 64.4 Å². The first-order chi connectivity index (χ1) is 9.10. The van der Waals surface area contributed by atoms with Gasteiger partial charge in [0.1, 0.15) is 0 Å². The van der Waals surface area contributed by atoms with Crippen LogP contribution in [0.5, 0.6) is 0 Å². The number of aromatic nitrogens is 1. The van der Waals surface area contributed by atoms with Gasteiger partial charge in [-0.15, -0.1) is 0 Å². The van der Waals surface area contributed by atoms with Gasteiger partial charge in [-0.3, -0.25) is 4.98 Å². The first-order valence-electron chi connectivity index (χ1n) is 6.52. The number of benzene rings is 1. The molecule has 1 heterocycles. The fourth-order valence-corrected chi connectivity index (χ4v) is 3.35. The standard InChI is InChI=1S/C16H16ClNO/c1-16(19,12-6-2-3-7-14(12)17)13-9-8-11-5-4-10-18-15(11)13/h2-7,10,13,19H,8-9H2,1H3. The lowest BCUT2D eigenvalue weighted by molar-refractivity contribution is 0.0257. The van der Waals surface area contributed by atoms with Crippen molar-refractivity contribution in [2.75, 3.05) is 0 Å². The van der Waals surface area contributed by atoms with Gasteiger partial charge in [0.15, 0.2) is 0 Å². The monoisotopic (exact) mass is 273 g/mol. The van der Waals surface area contributed by atoms with Crippen molar-refractivity contribution in [1.29, 1.82) is 0 Å². The average molecular weight is 274 g/mol. The summed E-state index contributed by atoms with van der Waals surface area (Å²) in [4.78, 5) is 4.46. The third kappa shape index (κ3) is 2.05. The van der Waals surface area contributed by atoms with Crippen molar-refractivity contribution < 1.29 is 5.11 Å². The Bertz CT molecular complexity index is 609. The largest absolute Gasteiger partial charge is 0.385 e. The predicted octanol–water partition coefficient (Wildman–Crippen LogP) is 3.67. The van der Waals surface area contributed by atoms with E-state index in [-0.39, 0.29) is 5.92 Å². The molecule has 0 aliphatic heterocycles. The van der Waals surface area contributed by atoms with E-state index in [4.69, 9.17) is 11.6 Å². The van der Waals surface area contributed by atoms with E-state index in [0.29, 0.717) is 5.02 Å². The summed E-state index contributed by atoms with van der Waals surface area (Å²) in [5.74, 6) is 0.00333. The molecule has 0 saturated heterocycles. The highest BCUT2D eigenvalue weighted by atomic mass is 35.5. The molecule has 1 aromatic carbocycles. The highest BCUT2D eigenvalue weighted by Gasteiger charge is 2.40. The molecule has 0 spiro atoms. The number of halogens is 1. The Balaban J connectivity index is 2.05. The summed E-state index contributed by atoms with van der Waals surface area (Å²) in [7, 11) is 0. The number of nitrogens with zero attached hydrogens (tertiary/aromatic N) is 1. The van der Waals surface area contributed by atoms with Crippen molar-refractivity contribution in [1.82, 2.24) is 4.98 Å². The summed E-state index contributed by atoms with van der Waals surface area (Å²) >= 11 is 6.23. The van der Waals surface area contributed by atoms with E-state index in [9.17, 15) is 5.11 Å². The number of rotatable bonds is 2. The van der Waals surface area contributed by atoms with Crippen LogP contribution in [-0.2, 0) is 12.0 Å². The number of fused-ring (bicyclic) bond motifs is 1. The quantitative estimate of drug-likeness (QED) is 0.906. The predicted molar refractivity (Wildman–Crippen MR) is 76.3 cm³/mol. The molecule has 3 heteroatoms. The molecule has 2 atom stereocenters. The van der Waals surface area contributed by atoms with Crippen LogP contribution in [0.15, 0.2) is 42.6 Å². The van der Waals surface area contributed by atoms with Gasteiger partial charge in [0.2, 0.25) is 0 Å². The first kappa shape index (κ1) is 12.6. The van der Waals surface area contributed by atoms with Crippen LogP contribution in [0.4, 0.5) is 0 Å². The van der Waals surface area contributed by atoms with Crippen molar-refractivity contribution in [3.63, 3.8) is 0 Å². The van der Waals surface area contributed by atoms with E-state index >= 15 is 0 Å². The molecule has 0 fully saturated rings. The van der Waals surface area contributed by atoms with Gasteiger partial charge in [0.25, 0.3) is 0 Å². The molecule has 2 aromatic rings. The van der Waals surface area contributed by atoms with Crippen LogP contribution in [0.1, 0.15) is 36.1 Å². The van der Waals surface area contributed by atoms with Crippen LogP contribution in [-0.4, -0.2) is 10.1 Å². The Hall–Kier alpha value is -1.38. The van der Waals surface area contributed by atoms with Crippen LogP contribution < -0.4 is 0 Å². The minimum absolute atomic E-state index is 0.00333. The van der Waals surface area contributed by atoms with Crippen LogP contribution in [0, 0.1) is 0 Å².